The Morgan fingerprint density at radius 3 is 2.44 bits per heavy atom. The van der Waals surface area contributed by atoms with E-state index in [4.69, 9.17) is 10.5 Å². The third kappa shape index (κ3) is 4.82. The van der Waals surface area contributed by atoms with E-state index in [1.54, 1.807) is 18.7 Å². The first-order valence-electron chi connectivity index (χ1n) is 5.89. The second-order valence-corrected chi connectivity index (χ2v) is 5.25. The first-order chi connectivity index (χ1) is 8.54. The van der Waals surface area contributed by atoms with Gasteiger partial charge in [-0.15, -0.1) is 0 Å². The summed E-state index contributed by atoms with van der Waals surface area (Å²) < 4.78 is 32.5. The van der Waals surface area contributed by atoms with Crippen LogP contribution in [0.2, 0.25) is 0 Å². The minimum Gasteiger partial charge on any atom is -0.488 e. The first-order valence-corrected chi connectivity index (χ1v) is 7.29. The highest BCUT2D eigenvalue weighted by molar-refractivity contribution is 7.98. The normalized spacial score (nSPS) is 12.5. The van der Waals surface area contributed by atoms with E-state index >= 15 is 0 Å². The lowest BCUT2D eigenvalue weighted by Gasteiger charge is -2.11. The first kappa shape index (κ1) is 15.2. The summed E-state index contributed by atoms with van der Waals surface area (Å²) in [5.41, 5.74) is 6.15. The van der Waals surface area contributed by atoms with Crippen LogP contribution in [0.25, 0.3) is 0 Å². The maximum atomic E-state index is 13.7. The summed E-state index contributed by atoms with van der Waals surface area (Å²) in [4.78, 5) is 0. The van der Waals surface area contributed by atoms with Gasteiger partial charge in [-0.1, -0.05) is 0 Å². The summed E-state index contributed by atoms with van der Waals surface area (Å²) in [7, 11) is 0. The van der Waals surface area contributed by atoms with Crippen LogP contribution >= 0.6 is 11.8 Å². The molecule has 0 heterocycles. The molecule has 102 valence electrons. The van der Waals surface area contributed by atoms with E-state index in [-0.39, 0.29) is 11.8 Å². The Balaban J connectivity index is 2.68. The number of benzene rings is 1. The topological polar surface area (TPSA) is 35.2 Å². The average molecular weight is 275 g/mol. The highest BCUT2D eigenvalue weighted by Crippen LogP contribution is 2.24. The van der Waals surface area contributed by atoms with Gasteiger partial charge in [0.1, 0.15) is 0 Å². The van der Waals surface area contributed by atoms with Crippen LogP contribution in [0.5, 0.6) is 5.75 Å². The van der Waals surface area contributed by atoms with Crippen LogP contribution < -0.4 is 10.5 Å². The summed E-state index contributed by atoms with van der Waals surface area (Å²) >= 11 is 1.67. The molecule has 1 rings (SSSR count). The van der Waals surface area contributed by atoms with Crippen molar-refractivity contribution in [2.45, 2.75) is 25.8 Å². The van der Waals surface area contributed by atoms with E-state index in [1.165, 1.54) is 12.1 Å². The molecule has 1 aromatic rings. The van der Waals surface area contributed by atoms with Gasteiger partial charge in [0, 0.05) is 6.04 Å². The van der Waals surface area contributed by atoms with Gasteiger partial charge in [0.2, 0.25) is 0 Å². The number of nitrogens with two attached hydrogens (primary N) is 1. The fourth-order valence-corrected chi connectivity index (χ4v) is 2.02. The number of hydrogen-bond acceptors (Lipinski definition) is 3. The lowest BCUT2D eigenvalue weighted by atomic mass is 10.1. The minimum absolute atomic E-state index is 0.128. The van der Waals surface area contributed by atoms with E-state index in [1.807, 2.05) is 6.26 Å². The van der Waals surface area contributed by atoms with E-state index in [0.29, 0.717) is 18.6 Å². The van der Waals surface area contributed by atoms with Crippen molar-refractivity contribution in [1.82, 2.24) is 0 Å². The maximum Gasteiger partial charge on any atom is 0.190 e. The molecule has 2 nitrogen and oxygen atoms in total. The lowest BCUT2D eigenvalue weighted by molar-refractivity contribution is 0.285. The van der Waals surface area contributed by atoms with E-state index < -0.39 is 11.6 Å². The molecule has 0 saturated carbocycles. The highest BCUT2D eigenvalue weighted by atomic mass is 32.2. The molecular formula is C13H19F2NOS. The SMILES string of the molecule is CSCCCOc1c(F)cc(CC(C)N)cc1F. The molecule has 0 aliphatic heterocycles. The molecule has 2 N–H and O–H groups in total. The fraction of sp³-hybridized carbons (Fsp3) is 0.538. The van der Waals surface area contributed by atoms with Gasteiger partial charge in [-0.25, -0.2) is 8.78 Å². The van der Waals surface area contributed by atoms with Gasteiger partial charge in [-0.05, 0) is 49.5 Å². The number of rotatable bonds is 7. The quantitative estimate of drug-likeness (QED) is 0.777. The molecule has 0 spiro atoms. The fourth-order valence-electron chi connectivity index (χ4n) is 1.62. The number of halogens is 2. The summed E-state index contributed by atoms with van der Waals surface area (Å²) in [6.45, 7) is 2.12. The molecule has 0 fully saturated rings. The van der Waals surface area contributed by atoms with Crippen molar-refractivity contribution < 1.29 is 13.5 Å². The number of ether oxygens (including phenoxy) is 1. The predicted molar refractivity (Wildman–Crippen MR) is 72.2 cm³/mol. The molecule has 0 aromatic heterocycles. The molecular weight excluding hydrogens is 256 g/mol. The smallest absolute Gasteiger partial charge is 0.190 e. The zero-order chi connectivity index (χ0) is 13.5. The molecule has 1 unspecified atom stereocenters. The van der Waals surface area contributed by atoms with Gasteiger partial charge in [0.15, 0.2) is 17.4 Å². The summed E-state index contributed by atoms with van der Waals surface area (Å²) in [5.74, 6) is -0.694. The van der Waals surface area contributed by atoms with Crippen LogP contribution in [0.1, 0.15) is 18.9 Å². The zero-order valence-electron chi connectivity index (χ0n) is 10.7. The van der Waals surface area contributed by atoms with Crippen molar-refractivity contribution >= 4 is 11.8 Å². The van der Waals surface area contributed by atoms with Crippen molar-refractivity contribution in [3.8, 4) is 5.75 Å². The molecule has 1 atom stereocenters. The predicted octanol–water partition coefficient (Wildman–Crippen LogP) is 2.99. The maximum absolute atomic E-state index is 13.7. The van der Waals surface area contributed by atoms with Gasteiger partial charge < -0.3 is 10.5 Å². The molecule has 1 aromatic carbocycles. The van der Waals surface area contributed by atoms with Crippen molar-refractivity contribution in [2.75, 3.05) is 18.6 Å². The summed E-state index contributed by atoms with van der Waals surface area (Å²) in [5, 5.41) is 0. The van der Waals surface area contributed by atoms with Crippen LogP contribution in [-0.2, 0) is 6.42 Å². The van der Waals surface area contributed by atoms with E-state index in [9.17, 15) is 8.78 Å². The standard InChI is InChI=1S/C13H19F2NOS/c1-9(16)6-10-7-11(14)13(12(15)8-10)17-4-3-5-18-2/h7-9H,3-6,16H2,1-2H3. The second-order valence-electron chi connectivity index (χ2n) is 4.26. The van der Waals surface area contributed by atoms with E-state index in [0.717, 1.165) is 12.2 Å². The van der Waals surface area contributed by atoms with Gasteiger partial charge in [0.25, 0.3) is 0 Å². The molecule has 0 saturated heterocycles. The van der Waals surface area contributed by atoms with Crippen LogP contribution in [0, 0.1) is 11.6 Å². The van der Waals surface area contributed by atoms with Crippen LogP contribution in [0.15, 0.2) is 12.1 Å². The Labute approximate surface area is 111 Å². The third-order valence-corrected chi connectivity index (χ3v) is 3.05. The largest absolute Gasteiger partial charge is 0.488 e. The monoisotopic (exact) mass is 275 g/mol. The highest BCUT2D eigenvalue weighted by Gasteiger charge is 2.13. The molecule has 5 heteroatoms. The Bertz CT molecular complexity index is 362. The molecule has 0 amide bonds. The zero-order valence-corrected chi connectivity index (χ0v) is 11.5. The summed E-state index contributed by atoms with van der Waals surface area (Å²) in [6.07, 6.45) is 3.19. The minimum atomic E-state index is -0.658. The van der Waals surface area contributed by atoms with Gasteiger partial charge in [-0.3, -0.25) is 0 Å². The van der Waals surface area contributed by atoms with Crippen molar-refractivity contribution in [3.05, 3.63) is 29.3 Å². The molecule has 0 radical (unpaired) electrons. The van der Waals surface area contributed by atoms with Gasteiger partial charge in [0.05, 0.1) is 6.61 Å². The summed E-state index contributed by atoms with van der Waals surface area (Å²) in [6, 6.07) is 2.45. The van der Waals surface area contributed by atoms with Crippen molar-refractivity contribution in [3.63, 3.8) is 0 Å². The van der Waals surface area contributed by atoms with Crippen molar-refractivity contribution in [1.29, 1.82) is 0 Å². The van der Waals surface area contributed by atoms with Crippen LogP contribution in [-0.4, -0.2) is 24.7 Å². The molecule has 0 aliphatic carbocycles. The Morgan fingerprint density at radius 1 is 1.33 bits per heavy atom. The van der Waals surface area contributed by atoms with Crippen LogP contribution in [0.3, 0.4) is 0 Å². The van der Waals surface area contributed by atoms with Gasteiger partial charge >= 0.3 is 0 Å². The van der Waals surface area contributed by atoms with Crippen molar-refractivity contribution in [2.24, 2.45) is 5.73 Å². The molecule has 18 heavy (non-hydrogen) atoms. The third-order valence-electron chi connectivity index (χ3n) is 2.35. The lowest BCUT2D eigenvalue weighted by Crippen LogP contribution is -2.18. The molecule has 0 aliphatic rings. The van der Waals surface area contributed by atoms with Crippen LogP contribution in [0.4, 0.5) is 8.78 Å². The Hall–Kier alpha value is -0.810. The Kier molecular flexibility index (Phi) is 6.43. The average Bonchev–Trinajstić information content (AvgIpc) is 2.26. The Morgan fingerprint density at radius 2 is 1.94 bits per heavy atom. The molecule has 0 bridgehead atoms. The second kappa shape index (κ2) is 7.59. The number of hydrogen-bond donors (Lipinski definition) is 1. The number of thioether (sulfide) groups is 1. The van der Waals surface area contributed by atoms with E-state index in [2.05, 4.69) is 0 Å². The van der Waals surface area contributed by atoms with Gasteiger partial charge in [-0.2, -0.15) is 11.8 Å².